The van der Waals surface area contributed by atoms with Gasteiger partial charge in [-0.2, -0.15) is 13.2 Å². The van der Waals surface area contributed by atoms with Crippen LogP contribution in [0.2, 0.25) is 0 Å². The maximum atomic E-state index is 15.8. The molecule has 0 bridgehead atoms. The van der Waals surface area contributed by atoms with Crippen molar-refractivity contribution in [2.24, 2.45) is 5.41 Å². The van der Waals surface area contributed by atoms with Crippen molar-refractivity contribution in [3.05, 3.63) is 123 Å². The molecule has 5 atom stereocenters. The number of alkyl halides is 3. The highest BCUT2D eigenvalue weighted by molar-refractivity contribution is 7.13. The maximum Gasteiger partial charge on any atom is 0.417 e. The van der Waals surface area contributed by atoms with Crippen LogP contribution in [0.1, 0.15) is 99.5 Å². The van der Waals surface area contributed by atoms with Crippen molar-refractivity contribution in [3.63, 3.8) is 0 Å². The molecule has 2 aromatic heterocycles. The number of hydrogen-bond acceptors (Lipinski definition) is 13. The molecule has 3 aromatic carbocycles. The minimum atomic E-state index is -4.97. The Morgan fingerprint density at radius 3 is 2.14 bits per heavy atom. The van der Waals surface area contributed by atoms with Gasteiger partial charge in [0.25, 0.3) is 5.91 Å². The fraction of sp³-hybridized carbons (Fsp3) is 0.492. The van der Waals surface area contributed by atoms with E-state index in [0.717, 1.165) is 46.5 Å². The van der Waals surface area contributed by atoms with Gasteiger partial charge in [0, 0.05) is 121 Å². The Bertz CT molecular complexity index is 3200. The van der Waals surface area contributed by atoms with Crippen LogP contribution in [0.5, 0.6) is 0 Å². The first-order chi connectivity index (χ1) is 39.8. The van der Waals surface area contributed by atoms with Gasteiger partial charge < -0.3 is 41.2 Å². The first-order valence-corrected chi connectivity index (χ1v) is 29.5. The van der Waals surface area contributed by atoms with Crippen molar-refractivity contribution in [2.75, 3.05) is 76.2 Å². The molecular weight excluding hydrogens is 1110 g/mol. The number of nitrogens with zero attached hydrogens (tertiary/aromatic N) is 6. The number of anilines is 2. The minimum absolute atomic E-state index is 0.0370. The largest absolute Gasteiger partial charge is 0.417 e. The number of aryl methyl sites for hydroxylation is 1. The third-order valence-electron chi connectivity index (χ3n) is 16.2. The van der Waals surface area contributed by atoms with Crippen molar-refractivity contribution >= 4 is 52.2 Å². The second-order valence-corrected chi connectivity index (χ2v) is 24.4. The number of β-amino-alcohol motifs (C(OH)–C–C–N with tert-alkyl or cyclic N) is 1. The topological polar surface area (TPSA) is 216 Å². The number of thiazole rings is 1. The van der Waals surface area contributed by atoms with E-state index in [1.807, 2.05) is 63.9 Å². The van der Waals surface area contributed by atoms with Crippen molar-refractivity contribution in [2.45, 2.75) is 123 Å². The van der Waals surface area contributed by atoms with Gasteiger partial charge in [-0.25, -0.2) is 9.37 Å². The van der Waals surface area contributed by atoms with E-state index in [4.69, 9.17) is 0 Å². The summed E-state index contributed by atoms with van der Waals surface area (Å²) in [4.78, 5) is 97.0. The zero-order valence-corrected chi connectivity index (χ0v) is 49.5. The van der Waals surface area contributed by atoms with Gasteiger partial charge >= 0.3 is 6.18 Å². The summed E-state index contributed by atoms with van der Waals surface area (Å²) in [6.45, 7) is 17.3. The molecule has 0 spiro atoms. The van der Waals surface area contributed by atoms with Gasteiger partial charge in [0.1, 0.15) is 17.9 Å². The monoisotopic (exact) mass is 1180 g/mol. The number of benzene rings is 3. The predicted octanol–water partition coefficient (Wildman–Crippen LogP) is 7.02. The van der Waals surface area contributed by atoms with E-state index < -0.39 is 64.1 Å². The Hall–Kier alpha value is -7.05. The number of likely N-dealkylation sites (tertiary alicyclic amines) is 1. The SMILES string of the molecule is Cc1ncsc1-c1ccc(CNC(=O)[C@@H]2C[C@@H](O)CN2C(=O)[C@@H](NC(=O)CCCCC(=O)NCCN2CCN(Cc3ccc(F)c(-c4ccc(N5C[C@@H](C)N(C)[C@@H](C)C5)c(NC(=O)c5c[nH]c(=O)cc5C(F)(F)F)c4)c3)CC2)C(C)(C)C)cc1. The zero-order chi connectivity index (χ0) is 60.6. The summed E-state index contributed by atoms with van der Waals surface area (Å²) >= 11 is 1.56. The van der Waals surface area contributed by atoms with E-state index in [0.29, 0.717) is 76.0 Å². The average Bonchev–Trinajstić information content (AvgIpc) is 3.14. The van der Waals surface area contributed by atoms with Crippen LogP contribution in [0.25, 0.3) is 21.6 Å². The number of nitrogens with one attached hydrogen (secondary N) is 5. The van der Waals surface area contributed by atoms with Gasteiger partial charge in [0.2, 0.25) is 29.2 Å². The number of amides is 5. The highest BCUT2D eigenvalue weighted by atomic mass is 32.1. The summed E-state index contributed by atoms with van der Waals surface area (Å²) in [7, 11) is 2.01. The van der Waals surface area contributed by atoms with E-state index in [-0.39, 0.29) is 73.4 Å². The number of piperazine rings is 2. The molecule has 23 heteroatoms. The summed E-state index contributed by atoms with van der Waals surface area (Å²) in [5, 5.41) is 22.1. The van der Waals surface area contributed by atoms with Gasteiger partial charge in [-0.15, -0.1) is 11.3 Å². The number of rotatable bonds is 20. The number of unbranched alkanes of at least 4 members (excludes halogenated alkanes) is 1. The summed E-state index contributed by atoms with van der Waals surface area (Å²) in [6, 6.07) is 16.4. The molecule has 0 saturated carbocycles. The molecular formula is C61H77F4N11O7S. The van der Waals surface area contributed by atoms with E-state index in [1.54, 1.807) is 47.2 Å². The number of halogens is 4. The summed E-state index contributed by atoms with van der Waals surface area (Å²) in [6.07, 6.45) is -3.88. The fourth-order valence-corrected chi connectivity index (χ4v) is 11.9. The molecule has 5 aromatic rings. The molecule has 3 fully saturated rings. The van der Waals surface area contributed by atoms with Crippen molar-refractivity contribution in [1.82, 2.24) is 45.5 Å². The fourth-order valence-electron chi connectivity index (χ4n) is 11.1. The Morgan fingerprint density at radius 1 is 0.833 bits per heavy atom. The number of aliphatic hydroxyl groups is 1. The molecule has 8 rings (SSSR count). The Balaban J connectivity index is 0.773. The van der Waals surface area contributed by atoms with Crippen LogP contribution in [0.4, 0.5) is 28.9 Å². The molecule has 3 saturated heterocycles. The predicted molar refractivity (Wildman–Crippen MR) is 316 cm³/mol. The number of hydrogen-bond donors (Lipinski definition) is 6. The van der Waals surface area contributed by atoms with Crippen LogP contribution in [-0.4, -0.2) is 160 Å². The highest BCUT2D eigenvalue weighted by Crippen LogP contribution is 2.37. The second kappa shape index (κ2) is 27.3. The number of carbonyl (C=O) groups is 5. The van der Waals surface area contributed by atoms with E-state index in [9.17, 15) is 47.0 Å². The molecule has 3 aliphatic rings. The zero-order valence-electron chi connectivity index (χ0n) is 48.7. The molecule has 0 radical (unpaired) electrons. The first kappa shape index (κ1) is 63.0. The molecule has 0 aliphatic carbocycles. The summed E-state index contributed by atoms with van der Waals surface area (Å²) in [5.74, 6) is -2.93. The van der Waals surface area contributed by atoms with Crippen LogP contribution in [0.3, 0.4) is 0 Å². The van der Waals surface area contributed by atoms with Gasteiger partial charge in [-0.3, -0.25) is 43.5 Å². The number of pyridine rings is 1. The van der Waals surface area contributed by atoms with Crippen molar-refractivity contribution < 1.29 is 46.6 Å². The van der Waals surface area contributed by atoms with Crippen LogP contribution in [0, 0.1) is 18.2 Å². The number of aromatic nitrogens is 2. The number of aliphatic hydroxyl groups excluding tert-OH is 1. The highest BCUT2D eigenvalue weighted by Gasteiger charge is 2.45. The normalized spacial score (nSPS) is 19.5. The lowest BCUT2D eigenvalue weighted by Gasteiger charge is -2.44. The Kier molecular flexibility index (Phi) is 20.5. The molecule has 18 nitrogen and oxygen atoms in total. The van der Waals surface area contributed by atoms with Crippen molar-refractivity contribution in [3.8, 4) is 21.6 Å². The number of H-pyrrole nitrogens is 1. The standard InChI is InChI=1S/C61H77F4N11O7S/c1-37-32-75(33-38(2)72(37)7)50-19-17-43(27-49(50)70-57(81)46-31-67-54(80)29-47(46)61(63,64)65)45-26-41(14-18-48(45)62)34-74-24-22-73(23-25-74)21-20-66-52(78)10-8-9-11-53(79)71-56(60(4,5)6)59(83)76-35-44(77)28-51(76)58(82)68-30-40-12-15-42(16-13-40)55-39(3)69-36-84-55/h12-19,26-27,29,31,36-38,44,51,56,77H,8-11,20-25,28,30,32-35H2,1-7H3,(H,66,78)(H,67,80)(H,68,82)(H,70,81)(H,71,79)/t37-,38+,44-,51+,56-/m1/s1. The lowest BCUT2D eigenvalue weighted by Crippen LogP contribution is -2.57. The van der Waals surface area contributed by atoms with Gasteiger partial charge in [0.05, 0.1) is 44.7 Å². The maximum absolute atomic E-state index is 15.8. The number of carbonyl (C=O) groups excluding carboxylic acids is 5. The first-order valence-electron chi connectivity index (χ1n) is 28.6. The van der Waals surface area contributed by atoms with Gasteiger partial charge in [0.15, 0.2) is 0 Å². The van der Waals surface area contributed by atoms with Crippen LogP contribution in [0.15, 0.2) is 83.2 Å². The molecule has 84 heavy (non-hydrogen) atoms. The van der Waals surface area contributed by atoms with Gasteiger partial charge in [-0.1, -0.05) is 57.2 Å². The smallest absolute Gasteiger partial charge is 0.391 e. The number of aromatic amines is 1. The molecule has 6 N–H and O–H groups in total. The number of likely N-dealkylation sites (N-methyl/N-ethyl adjacent to an activating group) is 1. The van der Waals surface area contributed by atoms with Crippen molar-refractivity contribution in [1.29, 1.82) is 0 Å². The van der Waals surface area contributed by atoms with Crippen LogP contribution >= 0.6 is 11.3 Å². The third kappa shape index (κ3) is 16.0. The summed E-state index contributed by atoms with van der Waals surface area (Å²) < 4.78 is 57.9. The lowest BCUT2D eigenvalue weighted by molar-refractivity contribution is -0.144. The Morgan fingerprint density at radius 2 is 1.49 bits per heavy atom. The van der Waals surface area contributed by atoms with Crippen LogP contribution < -0.4 is 31.7 Å². The lowest BCUT2D eigenvalue weighted by atomic mass is 9.85. The molecule has 3 aliphatic heterocycles. The van der Waals surface area contributed by atoms with E-state index in [2.05, 4.69) is 59.8 Å². The van der Waals surface area contributed by atoms with E-state index in [1.165, 1.54) is 11.0 Å². The van der Waals surface area contributed by atoms with Crippen LogP contribution in [-0.2, 0) is 38.4 Å². The molecule has 5 heterocycles. The third-order valence-corrected chi connectivity index (χ3v) is 17.1. The van der Waals surface area contributed by atoms with E-state index >= 15 is 4.39 Å². The second-order valence-electron chi connectivity index (χ2n) is 23.5. The quantitative estimate of drug-likeness (QED) is 0.0343. The summed E-state index contributed by atoms with van der Waals surface area (Å²) in [5.41, 5.74) is 3.05. The minimum Gasteiger partial charge on any atom is -0.391 e. The molecule has 5 amide bonds. The Labute approximate surface area is 491 Å². The molecule has 452 valence electrons. The molecule has 0 unspecified atom stereocenters. The average molecular weight is 1180 g/mol. The van der Waals surface area contributed by atoms with Gasteiger partial charge in [-0.05, 0) is 92.6 Å².